The Kier molecular flexibility index (Phi) is 6.72. The topological polar surface area (TPSA) is 124 Å². The van der Waals surface area contributed by atoms with E-state index in [9.17, 15) is 16.8 Å². The number of hydrogen-bond acceptors (Lipinski definition) is 10. The van der Waals surface area contributed by atoms with Gasteiger partial charge in [-0.2, -0.15) is 16.8 Å². The molecule has 0 radical (unpaired) electrons. The first kappa shape index (κ1) is 22.3. The Morgan fingerprint density at radius 3 is 1.43 bits per heavy atom. The lowest BCUT2D eigenvalue weighted by Crippen LogP contribution is -2.71. The molecule has 12 heteroatoms. The van der Waals surface area contributed by atoms with E-state index in [1.54, 1.807) is 0 Å². The zero-order valence-corrected chi connectivity index (χ0v) is 17.8. The van der Waals surface area contributed by atoms with E-state index in [0.717, 1.165) is 38.2 Å². The summed E-state index contributed by atoms with van der Waals surface area (Å²) < 4.78 is 80.2. The van der Waals surface area contributed by atoms with Crippen molar-refractivity contribution in [3.8, 4) is 0 Å². The lowest BCUT2D eigenvalue weighted by Gasteiger charge is -2.57. The van der Waals surface area contributed by atoms with Crippen LogP contribution in [0.2, 0.25) is 0 Å². The summed E-state index contributed by atoms with van der Waals surface area (Å²) in [5, 5.41) is 0. The van der Waals surface area contributed by atoms with Gasteiger partial charge in [0.25, 0.3) is 20.2 Å². The summed E-state index contributed by atoms with van der Waals surface area (Å²) in [6.07, 6.45) is 4.46. The van der Waals surface area contributed by atoms with Gasteiger partial charge in [0.05, 0.1) is 38.9 Å². The summed E-state index contributed by atoms with van der Waals surface area (Å²) in [5.41, 5.74) is 0. The van der Waals surface area contributed by atoms with E-state index in [4.69, 9.17) is 27.3 Å². The lowest BCUT2D eigenvalue weighted by atomic mass is 9.88. The molecule has 0 amide bonds. The molecule has 0 saturated carbocycles. The van der Waals surface area contributed by atoms with Crippen LogP contribution in [0.1, 0.15) is 38.5 Å². The molecule has 3 rings (SSSR count). The molecular formula is C16H28O10S2. The van der Waals surface area contributed by atoms with Gasteiger partial charge in [-0.05, 0) is 25.7 Å². The molecule has 0 aromatic heterocycles. The van der Waals surface area contributed by atoms with Crippen LogP contribution >= 0.6 is 0 Å². The molecule has 3 aliphatic heterocycles. The maximum Gasteiger partial charge on any atom is 0.264 e. The molecule has 0 aromatic carbocycles. The Balaban J connectivity index is 1.87. The first-order valence-corrected chi connectivity index (χ1v) is 13.0. The quantitative estimate of drug-likeness (QED) is 0.535. The van der Waals surface area contributed by atoms with E-state index in [1.807, 2.05) is 0 Å². The lowest BCUT2D eigenvalue weighted by molar-refractivity contribution is -0.482. The summed E-state index contributed by atoms with van der Waals surface area (Å²) in [5.74, 6) is -2.39. The predicted molar refractivity (Wildman–Crippen MR) is 96.4 cm³/mol. The van der Waals surface area contributed by atoms with E-state index < -0.39 is 44.0 Å². The molecule has 3 aliphatic rings. The van der Waals surface area contributed by atoms with Gasteiger partial charge in [-0.15, -0.1) is 0 Å². The summed E-state index contributed by atoms with van der Waals surface area (Å²) in [7, 11) is -7.47. The molecule has 3 saturated heterocycles. The molecule has 3 heterocycles. The Labute approximate surface area is 166 Å². The van der Waals surface area contributed by atoms with E-state index in [-0.39, 0.29) is 13.2 Å². The molecule has 0 N–H and O–H groups in total. The number of hydrogen-bond donors (Lipinski definition) is 0. The fourth-order valence-electron chi connectivity index (χ4n) is 3.81. The van der Waals surface area contributed by atoms with Crippen molar-refractivity contribution in [3.63, 3.8) is 0 Å². The fourth-order valence-corrected chi connectivity index (χ4v) is 4.57. The van der Waals surface area contributed by atoms with Crippen LogP contribution in [0.4, 0.5) is 0 Å². The molecule has 4 unspecified atom stereocenters. The average Bonchev–Trinajstić information content (AvgIpc) is 2.62. The molecule has 0 aromatic rings. The van der Waals surface area contributed by atoms with Crippen LogP contribution in [0.15, 0.2) is 0 Å². The van der Waals surface area contributed by atoms with Gasteiger partial charge in [0, 0.05) is 12.8 Å². The van der Waals surface area contributed by atoms with Crippen molar-refractivity contribution in [1.29, 1.82) is 0 Å². The third-order valence-electron chi connectivity index (χ3n) is 5.04. The number of fused-ring (bicyclic) bond motifs is 1. The van der Waals surface area contributed by atoms with Crippen LogP contribution < -0.4 is 0 Å². The highest BCUT2D eigenvalue weighted by Gasteiger charge is 2.63. The van der Waals surface area contributed by atoms with Gasteiger partial charge >= 0.3 is 0 Å². The monoisotopic (exact) mass is 444 g/mol. The van der Waals surface area contributed by atoms with Crippen molar-refractivity contribution in [2.45, 2.75) is 62.3 Å². The highest BCUT2D eigenvalue weighted by atomic mass is 32.2. The van der Waals surface area contributed by atoms with Crippen LogP contribution in [0.5, 0.6) is 0 Å². The van der Waals surface area contributed by atoms with Gasteiger partial charge in [0.1, 0.15) is 12.2 Å². The Morgan fingerprint density at radius 2 is 1.14 bits per heavy atom. The van der Waals surface area contributed by atoms with Crippen LogP contribution in [-0.4, -0.2) is 79.6 Å². The minimum atomic E-state index is -3.73. The SMILES string of the molecule is CS(=O)(=O)OCC1OC2(CCCCO2)C2(CCCCO2)OC1COS(C)(=O)=O. The van der Waals surface area contributed by atoms with Crippen molar-refractivity contribution in [2.75, 3.05) is 38.9 Å². The predicted octanol–water partition coefficient (Wildman–Crippen LogP) is 0.516. The van der Waals surface area contributed by atoms with E-state index in [1.165, 1.54) is 0 Å². The number of rotatable bonds is 6. The molecule has 4 atom stereocenters. The van der Waals surface area contributed by atoms with E-state index in [2.05, 4.69) is 0 Å². The van der Waals surface area contributed by atoms with Crippen molar-refractivity contribution in [1.82, 2.24) is 0 Å². The van der Waals surface area contributed by atoms with Crippen LogP contribution in [0.25, 0.3) is 0 Å². The highest BCUT2D eigenvalue weighted by Crippen LogP contribution is 2.49. The Morgan fingerprint density at radius 1 is 0.750 bits per heavy atom. The third-order valence-corrected chi connectivity index (χ3v) is 6.17. The van der Waals surface area contributed by atoms with E-state index in [0.29, 0.717) is 26.1 Å². The van der Waals surface area contributed by atoms with Crippen molar-refractivity contribution >= 4 is 20.2 Å². The average molecular weight is 445 g/mol. The third kappa shape index (κ3) is 5.22. The second-order valence-electron chi connectivity index (χ2n) is 7.41. The molecule has 3 fully saturated rings. The van der Waals surface area contributed by atoms with Crippen molar-refractivity contribution < 1.29 is 44.1 Å². The normalized spacial score (nSPS) is 37.4. The first-order valence-electron chi connectivity index (χ1n) is 9.37. The van der Waals surface area contributed by atoms with Crippen LogP contribution in [0.3, 0.4) is 0 Å². The summed E-state index contributed by atoms with van der Waals surface area (Å²) in [6, 6.07) is 0. The van der Waals surface area contributed by atoms with E-state index >= 15 is 0 Å². The van der Waals surface area contributed by atoms with Gasteiger partial charge in [-0.25, -0.2) is 0 Å². The molecule has 2 spiro atoms. The van der Waals surface area contributed by atoms with Gasteiger partial charge in [-0.1, -0.05) is 0 Å². The number of ether oxygens (including phenoxy) is 4. The van der Waals surface area contributed by atoms with Gasteiger partial charge in [-0.3, -0.25) is 8.37 Å². The molecular weight excluding hydrogens is 416 g/mol. The highest BCUT2D eigenvalue weighted by molar-refractivity contribution is 7.86. The minimum Gasteiger partial charge on any atom is -0.345 e. The summed E-state index contributed by atoms with van der Waals surface area (Å²) in [6.45, 7) is 0.215. The molecule has 28 heavy (non-hydrogen) atoms. The maximum atomic E-state index is 11.5. The van der Waals surface area contributed by atoms with Gasteiger partial charge in [0.15, 0.2) is 0 Å². The molecule has 10 nitrogen and oxygen atoms in total. The molecule has 0 bridgehead atoms. The first-order chi connectivity index (χ1) is 13.0. The zero-order valence-electron chi connectivity index (χ0n) is 16.1. The Bertz CT molecular complexity index is 671. The fraction of sp³-hybridized carbons (Fsp3) is 1.00. The minimum absolute atomic E-state index is 0.349. The summed E-state index contributed by atoms with van der Waals surface area (Å²) in [4.78, 5) is 0. The van der Waals surface area contributed by atoms with Crippen LogP contribution in [0, 0.1) is 0 Å². The largest absolute Gasteiger partial charge is 0.345 e. The van der Waals surface area contributed by atoms with Crippen molar-refractivity contribution in [3.05, 3.63) is 0 Å². The maximum absolute atomic E-state index is 11.5. The smallest absolute Gasteiger partial charge is 0.264 e. The second kappa shape index (κ2) is 8.42. The standard InChI is InChI=1S/C16H28O10S2/c1-27(17,18)23-11-13-14(12-24-28(2,19)20)26-16(8-4-6-10-22-16)15(25-13)7-3-5-9-21-15/h13-14H,3-12H2,1-2H3. The van der Waals surface area contributed by atoms with Gasteiger partial charge in [0.2, 0.25) is 11.6 Å². The summed E-state index contributed by atoms with van der Waals surface area (Å²) >= 11 is 0. The molecule has 164 valence electrons. The second-order valence-corrected chi connectivity index (χ2v) is 10.7. The van der Waals surface area contributed by atoms with Crippen molar-refractivity contribution in [2.24, 2.45) is 0 Å². The molecule has 0 aliphatic carbocycles. The van der Waals surface area contributed by atoms with Crippen LogP contribution in [-0.2, 0) is 47.5 Å². The zero-order chi connectivity index (χ0) is 20.5. The Hall–Kier alpha value is -0.340. The van der Waals surface area contributed by atoms with Gasteiger partial charge < -0.3 is 18.9 Å².